The first-order chi connectivity index (χ1) is 11.5. The van der Waals surface area contributed by atoms with Gasteiger partial charge in [0.1, 0.15) is 5.69 Å². The molecule has 1 aliphatic heterocycles. The minimum Gasteiger partial charge on any atom is -0.477 e. The third kappa shape index (κ3) is 3.87. The van der Waals surface area contributed by atoms with Gasteiger partial charge < -0.3 is 10.4 Å². The summed E-state index contributed by atoms with van der Waals surface area (Å²) < 4.78 is 0. The van der Waals surface area contributed by atoms with Crippen LogP contribution in [0.3, 0.4) is 0 Å². The number of fused-ring (bicyclic) bond motifs is 1. The van der Waals surface area contributed by atoms with Gasteiger partial charge in [0.15, 0.2) is 0 Å². The van der Waals surface area contributed by atoms with Gasteiger partial charge in [0, 0.05) is 17.1 Å². The summed E-state index contributed by atoms with van der Waals surface area (Å²) in [4.78, 5) is 28.6. The third-order valence-electron chi connectivity index (χ3n) is 4.11. The molecule has 2 N–H and O–H groups in total. The molecule has 2 atom stereocenters. The molecule has 0 spiro atoms. The van der Waals surface area contributed by atoms with E-state index in [2.05, 4.69) is 30.7 Å². The highest BCUT2D eigenvalue weighted by Gasteiger charge is 2.27. The van der Waals surface area contributed by atoms with Gasteiger partial charge in [-0.05, 0) is 35.5 Å². The Bertz CT molecular complexity index is 685. The summed E-state index contributed by atoms with van der Waals surface area (Å²) in [6, 6.07) is 1.70. The van der Waals surface area contributed by atoms with Crippen LogP contribution in [0.1, 0.15) is 55.6 Å². The molecule has 0 fully saturated rings. The van der Waals surface area contributed by atoms with E-state index in [9.17, 15) is 9.59 Å². The van der Waals surface area contributed by atoms with Crippen molar-refractivity contribution in [1.82, 2.24) is 10.3 Å². The zero-order chi connectivity index (χ0) is 17.7. The van der Waals surface area contributed by atoms with Crippen LogP contribution in [-0.4, -0.2) is 27.3 Å². The largest absolute Gasteiger partial charge is 0.477 e. The first-order valence-corrected chi connectivity index (χ1v) is 9.60. The number of aromatic nitrogens is 1. The summed E-state index contributed by atoms with van der Waals surface area (Å²) in [5.41, 5.74) is 1.53. The summed E-state index contributed by atoms with van der Waals surface area (Å²) in [5, 5.41) is 14.1. The molecule has 0 saturated heterocycles. The van der Waals surface area contributed by atoms with E-state index in [0.717, 1.165) is 41.7 Å². The van der Waals surface area contributed by atoms with Crippen LogP contribution >= 0.6 is 10.9 Å². The van der Waals surface area contributed by atoms with E-state index in [4.69, 9.17) is 5.11 Å². The van der Waals surface area contributed by atoms with Gasteiger partial charge in [-0.1, -0.05) is 39.3 Å². The summed E-state index contributed by atoms with van der Waals surface area (Å²) in [7, 11) is -1.19. The number of aromatic carboxylic acids is 1. The number of carboxylic acid groups (broad SMARTS) is 1. The van der Waals surface area contributed by atoms with Crippen molar-refractivity contribution in [2.24, 2.45) is 0 Å². The van der Waals surface area contributed by atoms with Crippen molar-refractivity contribution >= 4 is 27.7 Å². The lowest BCUT2D eigenvalue weighted by molar-refractivity contribution is 0.0690. The standard InChI is InChI=1S/C18H24N2O3S/c1-4-7-8-13(6-3)20-18(23)24-11-12(5-2)14-9-15(17(21)22)19-10-16(14)24/h5,9-11,13,24H,2,4,6-8H2,1,3H3,(H,20,23)(H,21,22). The van der Waals surface area contributed by atoms with Crippen LogP contribution in [0.4, 0.5) is 4.79 Å². The predicted octanol–water partition coefficient (Wildman–Crippen LogP) is 4.36. The van der Waals surface area contributed by atoms with Crippen molar-refractivity contribution in [3.63, 3.8) is 0 Å². The second-order valence-corrected chi connectivity index (χ2v) is 7.63. The van der Waals surface area contributed by atoms with E-state index in [0.29, 0.717) is 0 Å². The van der Waals surface area contributed by atoms with Crippen LogP contribution in [0.2, 0.25) is 0 Å². The molecule has 0 aliphatic carbocycles. The molecular formula is C18H24N2O3S. The number of thiol groups is 1. The Kier molecular flexibility index (Phi) is 6.20. The molecule has 6 heteroatoms. The van der Waals surface area contributed by atoms with Gasteiger partial charge in [0.05, 0.1) is 0 Å². The zero-order valence-electron chi connectivity index (χ0n) is 14.1. The zero-order valence-corrected chi connectivity index (χ0v) is 15.0. The number of allylic oxidation sites excluding steroid dienone is 2. The second kappa shape index (κ2) is 8.15. The van der Waals surface area contributed by atoms with E-state index < -0.39 is 16.9 Å². The molecule has 1 amide bonds. The number of nitrogens with zero attached hydrogens (tertiary/aromatic N) is 1. The maximum atomic E-state index is 12.7. The van der Waals surface area contributed by atoms with Gasteiger partial charge in [0.25, 0.3) is 5.24 Å². The maximum absolute atomic E-state index is 12.7. The number of hydrogen-bond acceptors (Lipinski definition) is 3. The number of unbranched alkanes of at least 4 members (excludes halogenated alkanes) is 1. The van der Waals surface area contributed by atoms with Gasteiger partial charge in [-0.3, -0.25) is 4.79 Å². The number of pyridine rings is 1. The van der Waals surface area contributed by atoms with Crippen molar-refractivity contribution in [2.75, 3.05) is 0 Å². The van der Waals surface area contributed by atoms with Crippen LogP contribution in [0.15, 0.2) is 35.2 Å². The molecule has 1 aromatic rings. The van der Waals surface area contributed by atoms with Crippen molar-refractivity contribution in [3.8, 4) is 0 Å². The lowest BCUT2D eigenvalue weighted by Gasteiger charge is -2.21. The van der Waals surface area contributed by atoms with Crippen molar-refractivity contribution in [3.05, 3.63) is 41.6 Å². The van der Waals surface area contributed by atoms with Gasteiger partial charge in [-0.15, -0.1) is 10.9 Å². The Morgan fingerprint density at radius 1 is 1.46 bits per heavy atom. The molecule has 1 aliphatic rings. The number of hydrogen-bond donors (Lipinski definition) is 3. The molecular weight excluding hydrogens is 324 g/mol. The monoisotopic (exact) mass is 348 g/mol. The van der Waals surface area contributed by atoms with Gasteiger partial charge >= 0.3 is 5.97 Å². The normalized spacial score (nSPS) is 18.4. The summed E-state index contributed by atoms with van der Waals surface area (Å²) in [5.74, 6) is -1.08. The quantitative estimate of drug-likeness (QED) is 0.640. The molecule has 0 saturated carbocycles. The Morgan fingerprint density at radius 3 is 2.79 bits per heavy atom. The molecule has 0 radical (unpaired) electrons. The Labute approximate surface area is 145 Å². The highest BCUT2D eigenvalue weighted by Crippen LogP contribution is 2.50. The van der Waals surface area contributed by atoms with E-state index in [1.165, 1.54) is 12.3 Å². The fourth-order valence-electron chi connectivity index (χ4n) is 2.67. The topological polar surface area (TPSA) is 79.3 Å². The number of rotatable bonds is 7. The number of amides is 1. The van der Waals surface area contributed by atoms with Gasteiger partial charge in [-0.25, -0.2) is 9.78 Å². The second-order valence-electron chi connectivity index (χ2n) is 5.75. The average Bonchev–Trinajstić information content (AvgIpc) is 2.96. The SMILES string of the molecule is C=CC1=C[SH](C(=O)NC(CC)CCCC)c2cnc(C(=O)O)cc21. The predicted molar refractivity (Wildman–Crippen MR) is 98.8 cm³/mol. The average molecular weight is 348 g/mol. The molecule has 2 unspecified atom stereocenters. The summed E-state index contributed by atoms with van der Waals surface area (Å²) in [6.45, 7) is 7.98. The van der Waals surface area contributed by atoms with Crippen LogP contribution in [0.5, 0.6) is 0 Å². The van der Waals surface area contributed by atoms with E-state index in [-0.39, 0.29) is 17.0 Å². The first-order valence-electron chi connectivity index (χ1n) is 8.19. The van der Waals surface area contributed by atoms with Crippen molar-refractivity contribution < 1.29 is 14.7 Å². The van der Waals surface area contributed by atoms with E-state index >= 15 is 0 Å². The molecule has 0 aromatic carbocycles. The minimum atomic E-state index is -1.19. The highest BCUT2D eigenvalue weighted by molar-refractivity contribution is 8.32. The molecule has 5 nitrogen and oxygen atoms in total. The minimum absolute atomic E-state index is 0.00377. The fraction of sp³-hybridized carbons (Fsp3) is 0.389. The highest BCUT2D eigenvalue weighted by atomic mass is 32.2. The third-order valence-corrected chi connectivity index (χ3v) is 6.08. The first kappa shape index (κ1) is 18.3. The van der Waals surface area contributed by atoms with E-state index in [1.807, 2.05) is 5.41 Å². The molecule has 24 heavy (non-hydrogen) atoms. The Hall–Kier alpha value is -2.08. The number of carboxylic acids is 1. The molecule has 2 rings (SSSR count). The van der Waals surface area contributed by atoms with Crippen molar-refractivity contribution in [2.45, 2.75) is 50.5 Å². The molecule has 1 aromatic heterocycles. The van der Waals surface area contributed by atoms with Crippen LogP contribution < -0.4 is 5.32 Å². The number of carbonyl (C=O) groups is 2. The smallest absolute Gasteiger partial charge is 0.354 e. The van der Waals surface area contributed by atoms with E-state index in [1.54, 1.807) is 6.08 Å². The van der Waals surface area contributed by atoms with Gasteiger partial charge in [0.2, 0.25) is 0 Å². The lowest BCUT2D eigenvalue weighted by atomic mass is 10.1. The summed E-state index contributed by atoms with van der Waals surface area (Å²) in [6.07, 6.45) is 7.24. The van der Waals surface area contributed by atoms with Crippen LogP contribution in [-0.2, 0) is 0 Å². The van der Waals surface area contributed by atoms with Crippen LogP contribution in [0.25, 0.3) is 5.57 Å². The lowest BCUT2D eigenvalue weighted by Crippen LogP contribution is -2.32. The van der Waals surface area contributed by atoms with Gasteiger partial charge in [-0.2, -0.15) is 0 Å². The Balaban J connectivity index is 2.24. The Morgan fingerprint density at radius 2 is 2.21 bits per heavy atom. The summed E-state index contributed by atoms with van der Waals surface area (Å²) >= 11 is 0. The number of nitrogens with one attached hydrogen (secondary N) is 1. The molecule has 2 heterocycles. The molecule has 130 valence electrons. The van der Waals surface area contributed by atoms with Crippen LogP contribution in [0, 0.1) is 0 Å². The number of carbonyl (C=O) groups excluding carboxylic acids is 1. The van der Waals surface area contributed by atoms with Crippen molar-refractivity contribution in [1.29, 1.82) is 0 Å². The maximum Gasteiger partial charge on any atom is 0.354 e. The molecule has 0 bridgehead atoms. The fourth-order valence-corrected chi connectivity index (χ4v) is 4.62.